The number of Topliss-reactive ketones (excluding diaryl/α,β-unsaturated/α-hetero) is 1. The number of ketones is 2. The topological polar surface area (TPSA) is 138 Å². The molecule has 1 aromatic carbocycles. The van der Waals surface area contributed by atoms with E-state index in [1.54, 1.807) is 12.1 Å². The van der Waals surface area contributed by atoms with Gasteiger partial charge in [-0.2, -0.15) is 0 Å². The molecule has 11 heteroatoms. The normalized spacial score (nSPS) is 25.8. The van der Waals surface area contributed by atoms with Gasteiger partial charge in [-0.05, 0) is 59.7 Å². The van der Waals surface area contributed by atoms with Crippen LogP contribution in [0.1, 0.15) is 50.0 Å². The second-order valence-corrected chi connectivity index (χ2v) is 12.2. The number of imide groups is 1. The van der Waals surface area contributed by atoms with Crippen molar-refractivity contribution >= 4 is 61.2 Å². The van der Waals surface area contributed by atoms with Crippen molar-refractivity contribution in [3.8, 4) is 11.5 Å². The second kappa shape index (κ2) is 11.1. The fourth-order valence-corrected chi connectivity index (χ4v) is 7.44. The highest BCUT2D eigenvalue weighted by molar-refractivity contribution is 9.12. The van der Waals surface area contributed by atoms with Crippen molar-refractivity contribution in [2.24, 2.45) is 17.8 Å². The number of ether oxygens (including phenoxy) is 1. The van der Waals surface area contributed by atoms with Gasteiger partial charge in [0.2, 0.25) is 11.8 Å². The summed E-state index contributed by atoms with van der Waals surface area (Å²) in [5.74, 6) is -4.76. The first kappa shape index (κ1) is 28.5. The molecule has 1 fully saturated rings. The summed E-state index contributed by atoms with van der Waals surface area (Å²) in [6, 6.07) is 3.27. The zero-order chi connectivity index (χ0) is 28.9. The number of hydrogen-bond acceptors (Lipinski definition) is 7. The molecular weight excluding hydrogens is 650 g/mol. The van der Waals surface area contributed by atoms with Gasteiger partial charge in [-0.3, -0.25) is 28.9 Å². The summed E-state index contributed by atoms with van der Waals surface area (Å²) in [4.78, 5) is 65.9. The maximum Gasteiger partial charge on any atom is 0.303 e. The molecule has 40 heavy (non-hydrogen) atoms. The summed E-state index contributed by atoms with van der Waals surface area (Å²) < 4.78 is 6.08. The van der Waals surface area contributed by atoms with E-state index in [-0.39, 0.29) is 69.9 Å². The molecule has 1 saturated heterocycles. The number of allylic oxidation sites excluding steroid dienone is 6. The number of unbranched alkanes of at least 4 members (excludes halogenated alkanes) is 2. The van der Waals surface area contributed by atoms with E-state index < -0.39 is 29.6 Å². The Hall–Kier alpha value is -3.05. The SMILES string of the molecule is COc1cc(Br)cc([C@H]2C3=CC[C@@H]4C(=O)N(CCCCCC(=O)O)C(=O)[C@@H]4[C@@H]3CC3=C2C(=O)C=C(Br)C3=O)c1O. The van der Waals surface area contributed by atoms with E-state index in [1.807, 2.05) is 6.08 Å². The number of carbonyl (C=O) groups is 5. The van der Waals surface area contributed by atoms with Gasteiger partial charge in [-0.25, -0.2) is 0 Å². The molecule has 0 radical (unpaired) electrons. The Labute approximate surface area is 247 Å². The minimum Gasteiger partial charge on any atom is -0.504 e. The third-order valence-electron chi connectivity index (χ3n) is 8.29. The minimum absolute atomic E-state index is 0.0331. The van der Waals surface area contributed by atoms with Gasteiger partial charge in [0.15, 0.2) is 23.1 Å². The van der Waals surface area contributed by atoms with Crippen LogP contribution >= 0.6 is 31.9 Å². The predicted molar refractivity (Wildman–Crippen MR) is 150 cm³/mol. The number of hydrogen-bond donors (Lipinski definition) is 2. The van der Waals surface area contributed by atoms with Crippen LogP contribution in [-0.4, -0.2) is 58.1 Å². The Kier molecular flexibility index (Phi) is 7.89. The molecule has 3 aliphatic carbocycles. The average Bonchev–Trinajstić information content (AvgIpc) is 3.16. The second-order valence-electron chi connectivity index (χ2n) is 10.5. The summed E-state index contributed by atoms with van der Waals surface area (Å²) in [6.45, 7) is 0.207. The molecule has 0 saturated carbocycles. The summed E-state index contributed by atoms with van der Waals surface area (Å²) in [5.41, 5.74) is 1.63. The fourth-order valence-electron chi connectivity index (χ4n) is 6.54. The molecule has 9 nitrogen and oxygen atoms in total. The van der Waals surface area contributed by atoms with Crippen molar-refractivity contribution in [3.05, 3.63) is 55.5 Å². The molecule has 4 aliphatic rings. The number of phenolic OH excluding ortho intramolecular Hbond substituents is 1. The third kappa shape index (κ3) is 4.76. The van der Waals surface area contributed by atoms with Gasteiger partial charge in [-0.1, -0.05) is 34.0 Å². The van der Waals surface area contributed by atoms with Crippen LogP contribution in [0.25, 0.3) is 0 Å². The summed E-state index contributed by atoms with van der Waals surface area (Å²) in [5, 5.41) is 20.0. The van der Waals surface area contributed by atoms with E-state index in [2.05, 4.69) is 31.9 Å². The lowest BCUT2D eigenvalue weighted by Gasteiger charge is -2.42. The number of nitrogens with zero attached hydrogens (tertiary/aromatic N) is 1. The first-order chi connectivity index (χ1) is 19.0. The summed E-state index contributed by atoms with van der Waals surface area (Å²) >= 11 is 6.65. The molecule has 0 unspecified atom stereocenters. The Balaban J connectivity index is 1.54. The lowest BCUT2D eigenvalue weighted by Crippen LogP contribution is -2.39. The van der Waals surface area contributed by atoms with Gasteiger partial charge in [0.05, 0.1) is 23.4 Å². The molecule has 2 amide bonds. The molecule has 0 aromatic heterocycles. The van der Waals surface area contributed by atoms with E-state index in [1.165, 1.54) is 18.1 Å². The Morgan fingerprint density at radius 2 is 1.82 bits per heavy atom. The van der Waals surface area contributed by atoms with Crippen molar-refractivity contribution in [2.45, 2.75) is 44.4 Å². The smallest absolute Gasteiger partial charge is 0.303 e. The first-order valence-electron chi connectivity index (χ1n) is 13.1. The van der Waals surface area contributed by atoms with E-state index in [0.29, 0.717) is 35.7 Å². The van der Waals surface area contributed by atoms with Crippen LogP contribution in [0.3, 0.4) is 0 Å². The zero-order valence-corrected chi connectivity index (χ0v) is 24.8. The van der Waals surface area contributed by atoms with Gasteiger partial charge in [-0.15, -0.1) is 0 Å². The number of carboxylic acids is 1. The van der Waals surface area contributed by atoms with Crippen LogP contribution in [0.15, 0.2) is 50.0 Å². The van der Waals surface area contributed by atoms with Crippen LogP contribution in [0.4, 0.5) is 0 Å². The van der Waals surface area contributed by atoms with E-state index in [9.17, 15) is 29.1 Å². The van der Waals surface area contributed by atoms with Gasteiger partial charge < -0.3 is 14.9 Å². The van der Waals surface area contributed by atoms with Crippen LogP contribution in [0.2, 0.25) is 0 Å². The van der Waals surface area contributed by atoms with Crippen LogP contribution < -0.4 is 4.74 Å². The molecule has 1 heterocycles. The largest absolute Gasteiger partial charge is 0.504 e. The molecule has 0 bridgehead atoms. The molecular formula is C29H27Br2NO8. The molecule has 210 valence electrons. The summed E-state index contributed by atoms with van der Waals surface area (Å²) in [7, 11) is 1.42. The molecule has 1 aromatic rings. The van der Waals surface area contributed by atoms with Gasteiger partial charge in [0.25, 0.3) is 0 Å². The Morgan fingerprint density at radius 1 is 1.07 bits per heavy atom. The number of benzene rings is 1. The molecule has 5 rings (SSSR count). The van der Waals surface area contributed by atoms with Crippen LogP contribution in [0.5, 0.6) is 11.5 Å². The number of methoxy groups -OCH3 is 1. The Morgan fingerprint density at radius 3 is 2.52 bits per heavy atom. The maximum absolute atomic E-state index is 13.7. The highest BCUT2D eigenvalue weighted by Gasteiger charge is 2.56. The van der Waals surface area contributed by atoms with Gasteiger partial charge >= 0.3 is 5.97 Å². The fraction of sp³-hybridized carbons (Fsp3) is 0.414. The lowest BCUT2D eigenvalue weighted by atomic mass is 9.59. The van der Waals surface area contributed by atoms with Crippen molar-refractivity contribution in [2.75, 3.05) is 13.7 Å². The number of fused-ring (bicyclic) bond motifs is 3. The molecule has 1 aliphatic heterocycles. The standard InChI is InChI=1S/C29H27Br2NO8/c1-40-21-10-13(30)9-17(27(21)37)23-14-6-7-15-24(16(14)11-18-25(23)20(33)12-19(31)26(18)36)29(39)32(28(15)38)8-4-2-3-5-22(34)35/h6,9-10,12,15-16,23-24,37H,2-5,7-8,11H2,1H3,(H,34,35)/t15-,16+,23+,24-/m0/s1. The number of likely N-dealkylation sites (tertiary alicyclic amines) is 1. The van der Waals surface area contributed by atoms with Crippen LogP contribution in [-0.2, 0) is 24.0 Å². The number of carboxylic acid groups (broad SMARTS) is 1. The molecule has 2 N–H and O–H groups in total. The van der Waals surface area contributed by atoms with Crippen molar-refractivity contribution in [3.63, 3.8) is 0 Å². The number of carbonyl (C=O) groups excluding carboxylic acids is 4. The van der Waals surface area contributed by atoms with Crippen LogP contribution in [0, 0.1) is 17.8 Å². The van der Waals surface area contributed by atoms with E-state index >= 15 is 0 Å². The monoisotopic (exact) mass is 675 g/mol. The Bertz CT molecular complexity index is 1440. The summed E-state index contributed by atoms with van der Waals surface area (Å²) in [6.07, 6.45) is 5.12. The number of phenols is 1. The van der Waals surface area contributed by atoms with Crippen molar-refractivity contribution < 1.29 is 38.9 Å². The predicted octanol–water partition coefficient (Wildman–Crippen LogP) is 4.57. The van der Waals surface area contributed by atoms with Crippen molar-refractivity contribution in [1.82, 2.24) is 4.90 Å². The first-order valence-corrected chi connectivity index (χ1v) is 14.7. The lowest BCUT2D eigenvalue weighted by molar-refractivity contribution is -0.141. The molecule has 4 atom stereocenters. The zero-order valence-electron chi connectivity index (χ0n) is 21.6. The van der Waals surface area contributed by atoms with Crippen molar-refractivity contribution in [1.29, 1.82) is 0 Å². The van der Waals surface area contributed by atoms with Gasteiger partial charge in [0, 0.05) is 46.1 Å². The van der Waals surface area contributed by atoms with E-state index in [4.69, 9.17) is 9.84 Å². The number of amides is 2. The maximum atomic E-state index is 13.7. The number of aliphatic carboxylic acids is 1. The van der Waals surface area contributed by atoms with Gasteiger partial charge in [0.1, 0.15) is 0 Å². The highest BCUT2D eigenvalue weighted by Crippen LogP contribution is 2.57. The highest BCUT2D eigenvalue weighted by atomic mass is 79.9. The number of halogens is 2. The minimum atomic E-state index is -0.884. The third-order valence-corrected chi connectivity index (χ3v) is 9.34. The van der Waals surface area contributed by atoms with E-state index in [0.717, 1.165) is 5.57 Å². The molecule has 0 spiro atoms. The number of aromatic hydroxyl groups is 1. The number of rotatable bonds is 8. The average molecular weight is 677 g/mol. The quantitative estimate of drug-likeness (QED) is 0.177.